The molecule has 146 valence electrons. The summed E-state index contributed by atoms with van der Waals surface area (Å²) in [5.74, 6) is 0.947. The molecule has 2 N–H and O–H groups in total. The number of amides is 1. The van der Waals surface area contributed by atoms with Gasteiger partial charge in [0, 0.05) is 5.69 Å². The predicted molar refractivity (Wildman–Crippen MR) is 110 cm³/mol. The number of aromatic hydroxyl groups is 1. The molecule has 0 heterocycles. The van der Waals surface area contributed by atoms with Gasteiger partial charge < -0.3 is 9.84 Å². The van der Waals surface area contributed by atoms with Gasteiger partial charge in [-0.15, -0.1) is 0 Å². The second kappa shape index (κ2) is 8.94. The summed E-state index contributed by atoms with van der Waals surface area (Å²) in [7, 11) is 0. The number of anilines is 1. The second-order valence-corrected chi connectivity index (χ2v) is 8.05. The van der Waals surface area contributed by atoms with Crippen LogP contribution in [0.2, 0.25) is 0 Å². The molecule has 0 aromatic heterocycles. The van der Waals surface area contributed by atoms with E-state index in [4.69, 9.17) is 4.74 Å². The number of carbonyl (C=O) groups is 1. The molecule has 0 saturated carbocycles. The van der Waals surface area contributed by atoms with Crippen molar-refractivity contribution in [3.63, 3.8) is 0 Å². The lowest BCUT2D eigenvalue weighted by Crippen LogP contribution is -2.31. The highest BCUT2D eigenvalue weighted by Gasteiger charge is 2.24. The first-order chi connectivity index (χ1) is 12.7. The van der Waals surface area contributed by atoms with Crippen LogP contribution >= 0.6 is 0 Å². The standard InChI is InChI=1S/C23H31NO3/c1-16(2)18-10-12-19(13-11-18)24-22(26)27-23(4,5)15-14-17(3)20-8-6-7-9-21(20)25/h6-13,16-17,25H,14-15H2,1-5H3,(H,24,26). The Morgan fingerprint density at radius 2 is 1.70 bits per heavy atom. The van der Waals surface area contributed by atoms with E-state index in [1.807, 2.05) is 56.3 Å². The number of para-hydroxylation sites is 1. The first kappa shape index (κ1) is 20.8. The lowest BCUT2D eigenvalue weighted by Gasteiger charge is -2.27. The Balaban J connectivity index is 1.87. The highest BCUT2D eigenvalue weighted by atomic mass is 16.6. The first-order valence-electron chi connectivity index (χ1n) is 9.56. The van der Waals surface area contributed by atoms with Crippen molar-refractivity contribution in [1.29, 1.82) is 0 Å². The average Bonchev–Trinajstić information content (AvgIpc) is 2.60. The van der Waals surface area contributed by atoms with E-state index in [9.17, 15) is 9.90 Å². The molecular formula is C23H31NO3. The van der Waals surface area contributed by atoms with E-state index in [1.54, 1.807) is 6.07 Å². The number of nitrogens with one attached hydrogen (secondary N) is 1. The van der Waals surface area contributed by atoms with Gasteiger partial charge in [-0.25, -0.2) is 4.79 Å². The Labute approximate surface area is 162 Å². The Bertz CT molecular complexity index is 750. The van der Waals surface area contributed by atoms with E-state index in [2.05, 4.69) is 26.1 Å². The second-order valence-electron chi connectivity index (χ2n) is 8.05. The number of carbonyl (C=O) groups excluding carboxylic acids is 1. The van der Waals surface area contributed by atoms with Crippen LogP contribution in [-0.2, 0) is 4.74 Å². The number of phenolic OH excluding ortho intramolecular Hbond substituents is 1. The Morgan fingerprint density at radius 3 is 2.30 bits per heavy atom. The quantitative estimate of drug-likeness (QED) is 0.591. The van der Waals surface area contributed by atoms with E-state index in [0.29, 0.717) is 18.1 Å². The van der Waals surface area contributed by atoms with Gasteiger partial charge in [0.05, 0.1) is 0 Å². The van der Waals surface area contributed by atoms with Crippen molar-refractivity contribution in [3.05, 3.63) is 59.7 Å². The van der Waals surface area contributed by atoms with Crippen LogP contribution < -0.4 is 5.32 Å². The van der Waals surface area contributed by atoms with Crippen molar-refractivity contribution in [2.75, 3.05) is 5.32 Å². The molecule has 0 saturated heterocycles. The third-order valence-electron chi connectivity index (χ3n) is 4.84. The zero-order valence-electron chi connectivity index (χ0n) is 17.0. The number of ether oxygens (including phenoxy) is 1. The van der Waals surface area contributed by atoms with Crippen molar-refractivity contribution in [2.24, 2.45) is 0 Å². The van der Waals surface area contributed by atoms with Gasteiger partial charge in [0.15, 0.2) is 0 Å². The zero-order valence-corrected chi connectivity index (χ0v) is 17.0. The van der Waals surface area contributed by atoms with Crippen molar-refractivity contribution < 1.29 is 14.6 Å². The molecule has 2 aromatic rings. The van der Waals surface area contributed by atoms with Gasteiger partial charge in [0.1, 0.15) is 11.4 Å². The lowest BCUT2D eigenvalue weighted by molar-refractivity contribution is 0.0396. The van der Waals surface area contributed by atoms with Crippen LogP contribution in [0.4, 0.5) is 10.5 Å². The predicted octanol–water partition coefficient (Wildman–Crippen LogP) is 6.43. The zero-order chi connectivity index (χ0) is 20.0. The average molecular weight is 370 g/mol. The molecule has 0 aliphatic heterocycles. The molecule has 0 bridgehead atoms. The fraction of sp³-hybridized carbons (Fsp3) is 0.435. The van der Waals surface area contributed by atoms with E-state index >= 15 is 0 Å². The van der Waals surface area contributed by atoms with Crippen molar-refractivity contribution in [1.82, 2.24) is 0 Å². The highest BCUT2D eigenvalue weighted by molar-refractivity contribution is 5.84. The topological polar surface area (TPSA) is 58.6 Å². The number of hydrogen-bond acceptors (Lipinski definition) is 3. The third kappa shape index (κ3) is 6.31. The number of rotatable bonds is 7. The minimum Gasteiger partial charge on any atom is -0.508 e. The summed E-state index contributed by atoms with van der Waals surface area (Å²) in [4.78, 5) is 12.2. The fourth-order valence-electron chi connectivity index (χ4n) is 3.02. The van der Waals surface area contributed by atoms with Gasteiger partial charge in [-0.05, 0) is 67.9 Å². The van der Waals surface area contributed by atoms with E-state index in [0.717, 1.165) is 17.7 Å². The summed E-state index contributed by atoms with van der Waals surface area (Å²) in [6, 6.07) is 15.2. The summed E-state index contributed by atoms with van der Waals surface area (Å²) >= 11 is 0. The van der Waals surface area contributed by atoms with Crippen LogP contribution in [0.1, 0.15) is 70.4 Å². The monoisotopic (exact) mass is 369 g/mol. The minimum atomic E-state index is -0.597. The van der Waals surface area contributed by atoms with Crippen LogP contribution in [0.5, 0.6) is 5.75 Å². The molecule has 1 atom stereocenters. The van der Waals surface area contributed by atoms with Gasteiger partial charge in [-0.3, -0.25) is 5.32 Å². The van der Waals surface area contributed by atoms with Crippen LogP contribution in [0, 0.1) is 0 Å². The van der Waals surface area contributed by atoms with Crippen LogP contribution in [0.15, 0.2) is 48.5 Å². The van der Waals surface area contributed by atoms with Gasteiger partial charge in [-0.1, -0.05) is 51.1 Å². The molecule has 2 rings (SSSR count). The molecule has 0 radical (unpaired) electrons. The molecular weight excluding hydrogens is 338 g/mol. The van der Waals surface area contributed by atoms with Crippen molar-refractivity contribution in [3.8, 4) is 5.75 Å². The van der Waals surface area contributed by atoms with Crippen LogP contribution in [-0.4, -0.2) is 16.8 Å². The third-order valence-corrected chi connectivity index (χ3v) is 4.84. The van der Waals surface area contributed by atoms with Gasteiger partial charge in [0.25, 0.3) is 0 Å². The van der Waals surface area contributed by atoms with Crippen molar-refractivity contribution >= 4 is 11.8 Å². The fourth-order valence-corrected chi connectivity index (χ4v) is 3.02. The normalized spacial score (nSPS) is 12.7. The number of hydrogen-bond donors (Lipinski definition) is 2. The number of phenols is 1. The molecule has 0 fully saturated rings. The highest BCUT2D eigenvalue weighted by Crippen LogP contribution is 2.31. The van der Waals surface area contributed by atoms with Gasteiger partial charge in [0.2, 0.25) is 0 Å². The number of benzene rings is 2. The lowest BCUT2D eigenvalue weighted by atomic mass is 9.90. The van der Waals surface area contributed by atoms with E-state index < -0.39 is 11.7 Å². The maximum Gasteiger partial charge on any atom is 0.412 e. The van der Waals surface area contributed by atoms with Gasteiger partial charge in [-0.2, -0.15) is 0 Å². The molecule has 27 heavy (non-hydrogen) atoms. The molecule has 4 heteroatoms. The maximum absolute atomic E-state index is 12.2. The summed E-state index contributed by atoms with van der Waals surface area (Å²) in [5, 5.41) is 12.8. The Kier molecular flexibility index (Phi) is 6.89. The molecule has 1 unspecified atom stereocenters. The minimum absolute atomic E-state index is 0.181. The van der Waals surface area contributed by atoms with Crippen molar-refractivity contribution in [2.45, 2.75) is 64.9 Å². The molecule has 1 amide bonds. The maximum atomic E-state index is 12.2. The van der Waals surface area contributed by atoms with Gasteiger partial charge >= 0.3 is 6.09 Å². The van der Waals surface area contributed by atoms with Crippen LogP contribution in [0.25, 0.3) is 0 Å². The molecule has 2 aromatic carbocycles. The smallest absolute Gasteiger partial charge is 0.412 e. The van der Waals surface area contributed by atoms with E-state index in [1.165, 1.54) is 5.56 Å². The summed E-state index contributed by atoms with van der Waals surface area (Å²) in [6.07, 6.45) is 1.05. The molecule has 0 aliphatic rings. The molecule has 4 nitrogen and oxygen atoms in total. The summed E-state index contributed by atoms with van der Waals surface area (Å²) < 4.78 is 5.62. The Morgan fingerprint density at radius 1 is 1.07 bits per heavy atom. The molecule has 0 aliphatic carbocycles. The SMILES string of the molecule is CC(C)c1ccc(NC(=O)OC(C)(C)CCC(C)c2ccccc2O)cc1. The Hall–Kier alpha value is -2.49. The largest absolute Gasteiger partial charge is 0.508 e. The summed E-state index contributed by atoms with van der Waals surface area (Å²) in [6.45, 7) is 10.2. The first-order valence-corrected chi connectivity index (χ1v) is 9.56. The summed E-state index contributed by atoms with van der Waals surface area (Å²) in [5.41, 5.74) is 2.28. The molecule has 0 spiro atoms. The van der Waals surface area contributed by atoms with E-state index in [-0.39, 0.29) is 5.92 Å². The van der Waals surface area contributed by atoms with Crippen LogP contribution in [0.3, 0.4) is 0 Å².